The summed E-state index contributed by atoms with van der Waals surface area (Å²) in [5.74, 6) is 0.523. The lowest BCUT2D eigenvalue weighted by Gasteiger charge is -2.31. The quantitative estimate of drug-likeness (QED) is 0.927. The summed E-state index contributed by atoms with van der Waals surface area (Å²) < 4.78 is 11.3. The molecule has 0 saturated heterocycles. The third-order valence-electron chi connectivity index (χ3n) is 4.58. The first-order valence-electron chi connectivity index (χ1n) is 7.45. The minimum absolute atomic E-state index is 0.486. The van der Waals surface area contributed by atoms with Crippen molar-refractivity contribution in [3.8, 4) is 11.5 Å². The second-order valence-corrected chi connectivity index (χ2v) is 6.09. The summed E-state index contributed by atoms with van der Waals surface area (Å²) in [6.07, 6.45) is 3.78. The van der Waals surface area contributed by atoms with Gasteiger partial charge in [0.1, 0.15) is 13.2 Å². The van der Waals surface area contributed by atoms with Gasteiger partial charge in [-0.1, -0.05) is 31.4 Å². The number of benzene rings is 1. The summed E-state index contributed by atoms with van der Waals surface area (Å²) >= 11 is 6.46. The average molecular weight is 311 g/mol. The van der Waals surface area contributed by atoms with Crippen LogP contribution in [0.4, 0.5) is 0 Å². The molecule has 21 heavy (non-hydrogen) atoms. The fraction of sp³-hybridized carbons (Fsp3) is 0.562. The zero-order valence-electron chi connectivity index (χ0n) is 12.1. The molecule has 114 valence electrons. The molecule has 0 radical (unpaired) electrons. The van der Waals surface area contributed by atoms with Crippen LogP contribution < -0.4 is 9.47 Å². The highest BCUT2D eigenvalue weighted by Crippen LogP contribution is 2.50. The van der Waals surface area contributed by atoms with E-state index in [-0.39, 0.29) is 0 Å². The van der Waals surface area contributed by atoms with Crippen LogP contribution in [-0.2, 0) is 16.6 Å². The Balaban J connectivity index is 2.24. The van der Waals surface area contributed by atoms with Crippen molar-refractivity contribution in [2.45, 2.75) is 44.4 Å². The minimum Gasteiger partial charge on any atom is -0.486 e. The Labute approximate surface area is 129 Å². The molecule has 5 heteroatoms. The summed E-state index contributed by atoms with van der Waals surface area (Å²) in [5.41, 5.74) is 0.751. The third kappa shape index (κ3) is 2.16. The predicted octanol–water partition coefficient (Wildman–Crippen LogP) is 3.57. The Kier molecular flexibility index (Phi) is 3.74. The van der Waals surface area contributed by atoms with Crippen molar-refractivity contribution in [2.24, 2.45) is 0 Å². The molecule has 1 heterocycles. The first kappa shape index (κ1) is 14.5. The van der Waals surface area contributed by atoms with Crippen molar-refractivity contribution >= 4 is 17.6 Å². The van der Waals surface area contributed by atoms with Gasteiger partial charge in [0.2, 0.25) is 0 Å². The molecule has 4 nitrogen and oxygen atoms in total. The second kappa shape index (κ2) is 5.41. The Morgan fingerprint density at radius 2 is 2.00 bits per heavy atom. The van der Waals surface area contributed by atoms with Gasteiger partial charge in [0.25, 0.3) is 0 Å². The molecule has 1 aliphatic heterocycles. The number of hydrogen-bond acceptors (Lipinski definition) is 3. The summed E-state index contributed by atoms with van der Waals surface area (Å²) in [6.45, 7) is 2.98. The van der Waals surface area contributed by atoms with Gasteiger partial charge in [-0.05, 0) is 24.8 Å². The van der Waals surface area contributed by atoms with Gasteiger partial charge in [-0.15, -0.1) is 0 Å². The van der Waals surface area contributed by atoms with Crippen LogP contribution in [0, 0.1) is 0 Å². The maximum atomic E-state index is 12.0. The van der Waals surface area contributed by atoms with Crippen LogP contribution >= 0.6 is 11.6 Å². The third-order valence-corrected chi connectivity index (χ3v) is 4.88. The van der Waals surface area contributed by atoms with Crippen LogP contribution in [-0.4, -0.2) is 24.3 Å². The van der Waals surface area contributed by atoms with Gasteiger partial charge >= 0.3 is 5.97 Å². The maximum absolute atomic E-state index is 12.0. The molecule has 0 aromatic heterocycles. The minimum atomic E-state index is -0.877. The summed E-state index contributed by atoms with van der Waals surface area (Å²) in [6, 6.07) is 1.72. The van der Waals surface area contributed by atoms with E-state index in [1.165, 1.54) is 0 Å². The molecule has 0 bridgehead atoms. The number of aliphatic carboxylic acids is 1. The number of rotatable bonds is 3. The molecule has 1 aromatic rings. The van der Waals surface area contributed by atoms with Gasteiger partial charge in [-0.3, -0.25) is 4.79 Å². The zero-order chi connectivity index (χ0) is 15.0. The van der Waals surface area contributed by atoms with E-state index in [1.807, 2.05) is 6.92 Å². The van der Waals surface area contributed by atoms with Crippen molar-refractivity contribution < 1.29 is 19.4 Å². The molecular weight excluding hydrogens is 292 g/mol. The lowest BCUT2D eigenvalue weighted by atomic mass is 9.75. The number of ether oxygens (including phenoxy) is 2. The fourth-order valence-electron chi connectivity index (χ4n) is 3.62. The molecule has 1 aromatic carbocycles. The molecule has 3 rings (SSSR count). The van der Waals surface area contributed by atoms with Gasteiger partial charge in [0.05, 0.1) is 5.41 Å². The summed E-state index contributed by atoms with van der Waals surface area (Å²) in [7, 11) is 0. The maximum Gasteiger partial charge on any atom is 0.314 e. The number of hydrogen-bond donors (Lipinski definition) is 1. The first-order chi connectivity index (χ1) is 10.1. The fourth-order valence-corrected chi connectivity index (χ4v) is 4.02. The Hall–Kier alpha value is -1.42. The molecule has 1 saturated carbocycles. The molecule has 0 unspecified atom stereocenters. The smallest absolute Gasteiger partial charge is 0.314 e. The van der Waals surface area contributed by atoms with E-state index in [9.17, 15) is 9.90 Å². The topological polar surface area (TPSA) is 55.8 Å². The van der Waals surface area contributed by atoms with Crippen molar-refractivity contribution in [2.75, 3.05) is 13.2 Å². The monoisotopic (exact) mass is 310 g/mol. The lowest BCUT2D eigenvalue weighted by Crippen LogP contribution is -2.34. The highest BCUT2D eigenvalue weighted by Gasteiger charge is 2.46. The van der Waals surface area contributed by atoms with Crippen molar-refractivity contribution in [3.63, 3.8) is 0 Å². The van der Waals surface area contributed by atoms with Gasteiger partial charge in [0, 0.05) is 16.7 Å². The van der Waals surface area contributed by atoms with E-state index in [1.54, 1.807) is 6.07 Å². The molecule has 1 fully saturated rings. The average Bonchev–Trinajstić information content (AvgIpc) is 2.96. The van der Waals surface area contributed by atoms with Crippen molar-refractivity contribution in [3.05, 3.63) is 22.2 Å². The molecule has 0 atom stereocenters. The van der Waals surface area contributed by atoms with E-state index < -0.39 is 11.4 Å². The Bertz CT molecular complexity index is 576. The zero-order valence-corrected chi connectivity index (χ0v) is 12.8. The highest BCUT2D eigenvalue weighted by molar-refractivity contribution is 6.32. The molecular formula is C16H19ClO4. The van der Waals surface area contributed by atoms with Crippen molar-refractivity contribution in [1.82, 2.24) is 0 Å². The van der Waals surface area contributed by atoms with Crippen LogP contribution in [0.15, 0.2) is 6.07 Å². The Morgan fingerprint density at radius 1 is 1.33 bits per heavy atom. The van der Waals surface area contributed by atoms with E-state index in [4.69, 9.17) is 21.1 Å². The normalized spacial score (nSPS) is 19.5. The summed E-state index contributed by atoms with van der Waals surface area (Å²) in [5, 5.41) is 10.3. The first-order valence-corrected chi connectivity index (χ1v) is 7.83. The number of fused-ring (bicyclic) bond motifs is 1. The number of carboxylic acid groups (broad SMARTS) is 1. The largest absolute Gasteiger partial charge is 0.486 e. The van der Waals surface area contributed by atoms with Crippen LogP contribution in [0.2, 0.25) is 5.02 Å². The van der Waals surface area contributed by atoms with Gasteiger partial charge in [0.15, 0.2) is 11.5 Å². The molecule has 1 N–H and O–H groups in total. The van der Waals surface area contributed by atoms with Crippen LogP contribution in [0.3, 0.4) is 0 Å². The number of halogens is 1. The van der Waals surface area contributed by atoms with Crippen LogP contribution in [0.5, 0.6) is 11.5 Å². The number of carboxylic acids is 1. The lowest BCUT2D eigenvalue weighted by molar-refractivity contribution is -0.143. The Morgan fingerprint density at radius 3 is 2.62 bits per heavy atom. The standard InChI is InChI=1S/C16H19ClO4/c1-2-10-13(16(15(18)19)5-3-4-6-16)11(17)9-12-14(10)21-8-7-20-12/h9H,2-8H2,1H3,(H,18,19). The van der Waals surface area contributed by atoms with Gasteiger partial charge in [-0.25, -0.2) is 0 Å². The van der Waals surface area contributed by atoms with E-state index in [0.717, 1.165) is 24.0 Å². The van der Waals surface area contributed by atoms with E-state index >= 15 is 0 Å². The molecule has 2 aliphatic rings. The van der Waals surface area contributed by atoms with E-state index in [2.05, 4.69) is 0 Å². The van der Waals surface area contributed by atoms with Gasteiger partial charge < -0.3 is 14.6 Å². The molecule has 0 amide bonds. The van der Waals surface area contributed by atoms with Crippen LogP contribution in [0.1, 0.15) is 43.7 Å². The highest BCUT2D eigenvalue weighted by atomic mass is 35.5. The van der Waals surface area contributed by atoms with Crippen LogP contribution in [0.25, 0.3) is 0 Å². The predicted molar refractivity (Wildman–Crippen MR) is 79.6 cm³/mol. The SMILES string of the molecule is CCc1c2c(cc(Cl)c1C1(C(=O)O)CCCC1)OCCO2. The van der Waals surface area contributed by atoms with Gasteiger partial charge in [-0.2, -0.15) is 0 Å². The van der Waals surface area contributed by atoms with Crippen molar-refractivity contribution in [1.29, 1.82) is 0 Å². The second-order valence-electron chi connectivity index (χ2n) is 5.68. The number of carbonyl (C=O) groups is 1. The molecule has 1 aliphatic carbocycles. The molecule has 0 spiro atoms. The van der Waals surface area contributed by atoms with E-state index in [0.29, 0.717) is 49.0 Å². The summed E-state index contributed by atoms with van der Waals surface area (Å²) in [4.78, 5) is 12.0.